The molecule has 3 nitrogen and oxygen atoms in total. The van der Waals surface area contributed by atoms with Crippen molar-refractivity contribution < 1.29 is 14.3 Å². The van der Waals surface area contributed by atoms with Crippen molar-refractivity contribution in [2.75, 3.05) is 0 Å². The molecule has 2 aliphatic heterocycles. The molecular weight excluding hydrogens is 180 g/mol. The fourth-order valence-corrected chi connectivity index (χ4v) is 2.35. The molecule has 1 saturated heterocycles. The number of ether oxygens (including phenoxy) is 2. The molecule has 14 heavy (non-hydrogen) atoms. The minimum Gasteiger partial charge on any atom is -0.463 e. The van der Waals surface area contributed by atoms with Crippen LogP contribution >= 0.6 is 0 Å². The zero-order valence-corrected chi connectivity index (χ0v) is 8.60. The molecule has 2 bridgehead atoms. The van der Waals surface area contributed by atoms with Crippen molar-refractivity contribution in [3.63, 3.8) is 0 Å². The van der Waals surface area contributed by atoms with E-state index in [-0.39, 0.29) is 18.2 Å². The third-order valence-electron chi connectivity index (χ3n) is 2.85. The average molecular weight is 196 g/mol. The van der Waals surface area contributed by atoms with Crippen LogP contribution in [-0.4, -0.2) is 24.3 Å². The summed E-state index contributed by atoms with van der Waals surface area (Å²) in [6.07, 6.45) is 6.82. The smallest absolute Gasteiger partial charge is 0.302 e. The van der Waals surface area contributed by atoms with Gasteiger partial charge in [-0.1, -0.05) is 12.2 Å². The highest BCUT2D eigenvalue weighted by Gasteiger charge is 2.37. The predicted molar refractivity (Wildman–Crippen MR) is 51.8 cm³/mol. The first kappa shape index (κ1) is 9.71. The summed E-state index contributed by atoms with van der Waals surface area (Å²) >= 11 is 0. The summed E-state index contributed by atoms with van der Waals surface area (Å²) in [6.45, 7) is 3.39. The Kier molecular flexibility index (Phi) is 2.59. The van der Waals surface area contributed by atoms with Crippen LogP contribution in [0.1, 0.15) is 26.7 Å². The van der Waals surface area contributed by atoms with Gasteiger partial charge in [-0.3, -0.25) is 4.79 Å². The Balaban J connectivity index is 1.81. The van der Waals surface area contributed by atoms with Crippen LogP contribution in [0, 0.1) is 5.92 Å². The van der Waals surface area contributed by atoms with Crippen molar-refractivity contribution in [2.24, 2.45) is 5.92 Å². The molecule has 4 unspecified atom stereocenters. The molecule has 0 N–H and O–H groups in total. The van der Waals surface area contributed by atoms with Crippen LogP contribution in [0.15, 0.2) is 12.2 Å². The molecule has 3 heteroatoms. The van der Waals surface area contributed by atoms with Gasteiger partial charge in [0.1, 0.15) is 0 Å². The number of carbonyl (C=O) groups is 1. The Morgan fingerprint density at radius 3 is 2.93 bits per heavy atom. The summed E-state index contributed by atoms with van der Waals surface area (Å²) in [5.74, 6) is 0.330. The first-order chi connectivity index (χ1) is 6.65. The second-order valence-electron chi connectivity index (χ2n) is 4.18. The van der Waals surface area contributed by atoms with Gasteiger partial charge in [0.05, 0.1) is 18.3 Å². The maximum atomic E-state index is 10.7. The fraction of sp³-hybridized carbons (Fsp3) is 0.727. The predicted octanol–water partition coefficient (Wildman–Crippen LogP) is 1.67. The van der Waals surface area contributed by atoms with Gasteiger partial charge < -0.3 is 9.47 Å². The summed E-state index contributed by atoms with van der Waals surface area (Å²) in [6, 6.07) is 0. The lowest BCUT2D eigenvalue weighted by molar-refractivity contribution is -0.146. The Morgan fingerprint density at radius 2 is 2.43 bits per heavy atom. The van der Waals surface area contributed by atoms with Crippen LogP contribution in [-0.2, 0) is 14.3 Å². The van der Waals surface area contributed by atoms with Gasteiger partial charge >= 0.3 is 5.97 Å². The number of hydrogen-bond acceptors (Lipinski definition) is 3. The molecule has 1 fully saturated rings. The molecule has 2 aliphatic rings. The van der Waals surface area contributed by atoms with E-state index in [0.717, 1.165) is 12.8 Å². The molecule has 2 rings (SSSR count). The SMILES string of the molecule is CC(=O)OC(C)CC1CC2C=CC1O2. The largest absolute Gasteiger partial charge is 0.463 e. The lowest BCUT2D eigenvalue weighted by Gasteiger charge is -2.19. The van der Waals surface area contributed by atoms with E-state index >= 15 is 0 Å². The van der Waals surface area contributed by atoms with Crippen LogP contribution in [0.4, 0.5) is 0 Å². The lowest BCUT2D eigenvalue weighted by atomic mass is 9.89. The maximum Gasteiger partial charge on any atom is 0.302 e. The van der Waals surface area contributed by atoms with Crippen molar-refractivity contribution in [1.29, 1.82) is 0 Å². The van der Waals surface area contributed by atoms with E-state index < -0.39 is 0 Å². The van der Waals surface area contributed by atoms with E-state index in [2.05, 4.69) is 12.2 Å². The average Bonchev–Trinajstić information content (AvgIpc) is 2.62. The molecule has 0 aromatic rings. The molecular formula is C11H16O3. The zero-order chi connectivity index (χ0) is 10.1. The van der Waals surface area contributed by atoms with Crippen molar-refractivity contribution in [2.45, 2.75) is 45.0 Å². The van der Waals surface area contributed by atoms with Gasteiger partial charge in [0, 0.05) is 6.92 Å². The monoisotopic (exact) mass is 196 g/mol. The van der Waals surface area contributed by atoms with Gasteiger partial charge in [0.15, 0.2) is 0 Å². The van der Waals surface area contributed by atoms with E-state index in [1.165, 1.54) is 6.92 Å². The molecule has 0 amide bonds. The molecule has 2 heterocycles. The van der Waals surface area contributed by atoms with E-state index in [1.54, 1.807) is 0 Å². The van der Waals surface area contributed by atoms with E-state index in [9.17, 15) is 4.79 Å². The van der Waals surface area contributed by atoms with Crippen LogP contribution in [0.25, 0.3) is 0 Å². The highest BCUT2D eigenvalue weighted by atomic mass is 16.5. The number of fused-ring (bicyclic) bond motifs is 2. The van der Waals surface area contributed by atoms with Gasteiger partial charge in [-0.05, 0) is 25.7 Å². The Labute approximate surface area is 84.1 Å². The first-order valence-corrected chi connectivity index (χ1v) is 5.16. The molecule has 0 aliphatic carbocycles. The molecule has 0 saturated carbocycles. The highest BCUT2D eigenvalue weighted by molar-refractivity contribution is 5.66. The maximum absolute atomic E-state index is 10.7. The number of carbonyl (C=O) groups excluding carboxylic acids is 1. The molecule has 0 aromatic heterocycles. The van der Waals surface area contributed by atoms with Gasteiger partial charge in [0.2, 0.25) is 0 Å². The first-order valence-electron chi connectivity index (χ1n) is 5.16. The van der Waals surface area contributed by atoms with Crippen LogP contribution in [0.2, 0.25) is 0 Å². The molecule has 78 valence electrons. The Morgan fingerprint density at radius 1 is 1.64 bits per heavy atom. The topological polar surface area (TPSA) is 35.5 Å². The number of esters is 1. The second-order valence-corrected chi connectivity index (χ2v) is 4.18. The van der Waals surface area contributed by atoms with Gasteiger partial charge in [-0.15, -0.1) is 0 Å². The van der Waals surface area contributed by atoms with Crippen molar-refractivity contribution in [3.8, 4) is 0 Å². The van der Waals surface area contributed by atoms with E-state index in [1.807, 2.05) is 6.92 Å². The van der Waals surface area contributed by atoms with Crippen LogP contribution < -0.4 is 0 Å². The quantitative estimate of drug-likeness (QED) is 0.509. The Bertz CT molecular complexity index is 259. The zero-order valence-electron chi connectivity index (χ0n) is 8.60. The third-order valence-corrected chi connectivity index (χ3v) is 2.85. The van der Waals surface area contributed by atoms with Crippen molar-refractivity contribution in [3.05, 3.63) is 12.2 Å². The molecule has 0 spiro atoms. The summed E-state index contributed by atoms with van der Waals surface area (Å²) in [4.78, 5) is 10.7. The fourth-order valence-electron chi connectivity index (χ4n) is 2.35. The molecule has 0 aromatic carbocycles. The normalized spacial score (nSPS) is 36.0. The van der Waals surface area contributed by atoms with Crippen LogP contribution in [0.5, 0.6) is 0 Å². The summed E-state index contributed by atoms with van der Waals surface area (Å²) < 4.78 is 10.7. The second kappa shape index (κ2) is 3.73. The van der Waals surface area contributed by atoms with Gasteiger partial charge in [-0.2, -0.15) is 0 Å². The van der Waals surface area contributed by atoms with Crippen LogP contribution in [0.3, 0.4) is 0 Å². The number of rotatable bonds is 3. The minimum atomic E-state index is -0.197. The lowest BCUT2D eigenvalue weighted by Crippen LogP contribution is -2.21. The standard InChI is InChI=1S/C11H16O3/c1-7(13-8(2)12)5-9-6-10-3-4-11(9)14-10/h3-4,7,9-11H,5-6H2,1-2H3. The third kappa shape index (κ3) is 1.98. The van der Waals surface area contributed by atoms with E-state index in [0.29, 0.717) is 12.0 Å². The van der Waals surface area contributed by atoms with Crippen molar-refractivity contribution in [1.82, 2.24) is 0 Å². The Hall–Kier alpha value is -0.830. The minimum absolute atomic E-state index is 0.00819. The van der Waals surface area contributed by atoms with Gasteiger partial charge in [0.25, 0.3) is 0 Å². The summed E-state index contributed by atoms with van der Waals surface area (Å²) in [7, 11) is 0. The van der Waals surface area contributed by atoms with Gasteiger partial charge in [-0.25, -0.2) is 0 Å². The molecule has 4 atom stereocenters. The van der Waals surface area contributed by atoms with E-state index in [4.69, 9.17) is 9.47 Å². The van der Waals surface area contributed by atoms with Crippen molar-refractivity contribution >= 4 is 5.97 Å². The molecule has 0 radical (unpaired) electrons. The summed E-state index contributed by atoms with van der Waals surface area (Å²) in [5.41, 5.74) is 0. The summed E-state index contributed by atoms with van der Waals surface area (Å²) in [5, 5.41) is 0. The highest BCUT2D eigenvalue weighted by Crippen LogP contribution is 2.36. The number of hydrogen-bond donors (Lipinski definition) is 0.